The lowest BCUT2D eigenvalue weighted by atomic mass is 10.1. The quantitative estimate of drug-likeness (QED) is 0.861. The molecule has 17 heavy (non-hydrogen) atoms. The van der Waals surface area contributed by atoms with Crippen LogP contribution in [0.2, 0.25) is 0 Å². The Labute approximate surface area is 108 Å². The van der Waals surface area contributed by atoms with Gasteiger partial charge < -0.3 is 10.2 Å². The molecule has 0 bridgehead atoms. The molecule has 3 nitrogen and oxygen atoms in total. The third-order valence-electron chi connectivity index (χ3n) is 2.77. The smallest absolute Gasteiger partial charge is 0.254 e. The Balaban J connectivity index is 2.18. The molecule has 1 aromatic carbocycles. The molecule has 1 aliphatic heterocycles. The lowest BCUT2D eigenvalue weighted by Gasteiger charge is -2.32. The average molecular weight is 301 g/mol. The van der Waals surface area contributed by atoms with Gasteiger partial charge in [0.15, 0.2) is 0 Å². The van der Waals surface area contributed by atoms with E-state index in [1.807, 2.05) is 6.92 Å². The first-order chi connectivity index (χ1) is 8.06. The number of carbonyl (C=O) groups excluding carboxylic acids is 1. The fraction of sp³-hybridized carbons (Fsp3) is 0.417. The minimum atomic E-state index is -0.397. The standard InChI is InChI=1S/C12H14BrFN2O/c1-8-7-16(3-2-15-8)12(17)9-4-10(13)6-11(14)5-9/h4-6,8,15H,2-3,7H2,1H3/t8-/m1/s1. The summed E-state index contributed by atoms with van der Waals surface area (Å²) < 4.78 is 13.8. The number of carbonyl (C=O) groups is 1. The van der Waals surface area contributed by atoms with Crippen molar-refractivity contribution in [3.05, 3.63) is 34.1 Å². The van der Waals surface area contributed by atoms with E-state index in [2.05, 4.69) is 21.2 Å². The van der Waals surface area contributed by atoms with Crippen molar-refractivity contribution in [2.75, 3.05) is 19.6 Å². The van der Waals surface area contributed by atoms with Crippen molar-refractivity contribution in [2.45, 2.75) is 13.0 Å². The first kappa shape index (κ1) is 12.5. The second-order valence-corrected chi connectivity index (χ2v) is 5.18. The van der Waals surface area contributed by atoms with Crippen LogP contribution in [-0.2, 0) is 0 Å². The molecule has 1 amide bonds. The Morgan fingerprint density at radius 3 is 2.94 bits per heavy atom. The summed E-state index contributed by atoms with van der Waals surface area (Å²) in [6.45, 7) is 4.13. The fourth-order valence-corrected chi connectivity index (χ4v) is 2.44. The van der Waals surface area contributed by atoms with Crippen LogP contribution in [0.3, 0.4) is 0 Å². The predicted molar refractivity (Wildman–Crippen MR) is 67.5 cm³/mol. The van der Waals surface area contributed by atoms with Crippen molar-refractivity contribution in [2.24, 2.45) is 0 Å². The second-order valence-electron chi connectivity index (χ2n) is 4.26. The van der Waals surface area contributed by atoms with Crippen LogP contribution >= 0.6 is 15.9 Å². The highest BCUT2D eigenvalue weighted by atomic mass is 79.9. The summed E-state index contributed by atoms with van der Waals surface area (Å²) in [5.74, 6) is -0.510. The summed E-state index contributed by atoms with van der Waals surface area (Å²) in [6.07, 6.45) is 0. The van der Waals surface area contributed by atoms with Crippen LogP contribution in [0, 0.1) is 5.82 Å². The molecular weight excluding hydrogens is 287 g/mol. The number of hydrogen-bond acceptors (Lipinski definition) is 2. The van der Waals surface area contributed by atoms with E-state index >= 15 is 0 Å². The van der Waals surface area contributed by atoms with Gasteiger partial charge in [-0.15, -0.1) is 0 Å². The third kappa shape index (κ3) is 3.04. The van der Waals surface area contributed by atoms with Gasteiger partial charge in [-0.25, -0.2) is 4.39 Å². The van der Waals surface area contributed by atoms with Crippen molar-refractivity contribution in [3.63, 3.8) is 0 Å². The molecule has 0 spiro atoms. The molecule has 2 rings (SSSR count). The molecule has 0 saturated carbocycles. The van der Waals surface area contributed by atoms with Gasteiger partial charge in [0.25, 0.3) is 5.91 Å². The van der Waals surface area contributed by atoms with Gasteiger partial charge in [-0.05, 0) is 25.1 Å². The van der Waals surface area contributed by atoms with E-state index in [0.717, 1.165) is 6.54 Å². The van der Waals surface area contributed by atoms with E-state index in [1.54, 1.807) is 11.0 Å². The van der Waals surface area contributed by atoms with Gasteiger partial charge >= 0.3 is 0 Å². The lowest BCUT2D eigenvalue weighted by molar-refractivity contribution is 0.0708. The predicted octanol–water partition coefficient (Wildman–Crippen LogP) is 2.02. The molecule has 1 aliphatic rings. The van der Waals surface area contributed by atoms with E-state index in [1.165, 1.54) is 12.1 Å². The van der Waals surface area contributed by atoms with Crippen LogP contribution < -0.4 is 5.32 Å². The van der Waals surface area contributed by atoms with E-state index in [9.17, 15) is 9.18 Å². The Morgan fingerprint density at radius 2 is 2.29 bits per heavy atom. The highest BCUT2D eigenvalue weighted by molar-refractivity contribution is 9.10. The number of nitrogens with zero attached hydrogens (tertiary/aromatic N) is 1. The molecule has 0 radical (unpaired) electrons. The molecule has 1 heterocycles. The van der Waals surface area contributed by atoms with Gasteiger partial charge in [0, 0.05) is 35.7 Å². The van der Waals surface area contributed by atoms with Gasteiger partial charge in [-0.1, -0.05) is 15.9 Å². The van der Waals surface area contributed by atoms with Crippen LogP contribution in [-0.4, -0.2) is 36.5 Å². The van der Waals surface area contributed by atoms with E-state index in [4.69, 9.17) is 0 Å². The maximum absolute atomic E-state index is 13.2. The zero-order valence-corrected chi connectivity index (χ0v) is 11.1. The Bertz CT molecular complexity index is 418. The number of piperazine rings is 1. The summed E-state index contributed by atoms with van der Waals surface area (Å²) in [4.78, 5) is 13.9. The molecule has 1 aromatic rings. The van der Waals surface area contributed by atoms with Crippen molar-refractivity contribution >= 4 is 21.8 Å². The molecular formula is C12H14BrFN2O. The van der Waals surface area contributed by atoms with Crippen LogP contribution in [0.5, 0.6) is 0 Å². The Hall–Kier alpha value is -0.940. The summed E-state index contributed by atoms with van der Waals surface area (Å²) in [5, 5.41) is 3.26. The van der Waals surface area contributed by atoms with E-state index in [0.29, 0.717) is 23.1 Å². The van der Waals surface area contributed by atoms with Gasteiger partial charge in [0.2, 0.25) is 0 Å². The van der Waals surface area contributed by atoms with E-state index < -0.39 is 5.82 Å². The molecule has 1 saturated heterocycles. The van der Waals surface area contributed by atoms with Gasteiger partial charge in [0.05, 0.1) is 0 Å². The number of rotatable bonds is 1. The zero-order valence-electron chi connectivity index (χ0n) is 9.54. The SMILES string of the molecule is C[C@@H]1CN(C(=O)c2cc(F)cc(Br)c2)CCN1. The van der Waals surface area contributed by atoms with Crippen molar-refractivity contribution < 1.29 is 9.18 Å². The third-order valence-corrected chi connectivity index (χ3v) is 3.22. The Kier molecular flexibility index (Phi) is 3.79. The Morgan fingerprint density at radius 1 is 1.53 bits per heavy atom. The summed E-state index contributed by atoms with van der Waals surface area (Å²) in [6, 6.07) is 4.56. The summed E-state index contributed by atoms with van der Waals surface area (Å²) in [7, 11) is 0. The van der Waals surface area contributed by atoms with Crippen LogP contribution in [0.25, 0.3) is 0 Å². The van der Waals surface area contributed by atoms with Crippen molar-refractivity contribution in [1.82, 2.24) is 10.2 Å². The van der Waals surface area contributed by atoms with Gasteiger partial charge in [-0.2, -0.15) is 0 Å². The molecule has 0 unspecified atom stereocenters. The summed E-state index contributed by atoms with van der Waals surface area (Å²) in [5.41, 5.74) is 0.394. The number of amides is 1. The monoisotopic (exact) mass is 300 g/mol. The molecule has 0 aromatic heterocycles. The number of halogens is 2. The van der Waals surface area contributed by atoms with Crippen LogP contribution in [0.4, 0.5) is 4.39 Å². The number of hydrogen-bond donors (Lipinski definition) is 1. The number of benzene rings is 1. The van der Waals surface area contributed by atoms with Crippen molar-refractivity contribution in [1.29, 1.82) is 0 Å². The summed E-state index contributed by atoms with van der Waals surface area (Å²) >= 11 is 3.19. The minimum absolute atomic E-state index is 0.112. The molecule has 5 heteroatoms. The van der Waals surface area contributed by atoms with Gasteiger partial charge in [-0.3, -0.25) is 4.79 Å². The first-order valence-electron chi connectivity index (χ1n) is 5.55. The fourth-order valence-electron chi connectivity index (χ4n) is 1.98. The second kappa shape index (κ2) is 5.14. The molecule has 1 atom stereocenters. The molecule has 92 valence electrons. The first-order valence-corrected chi connectivity index (χ1v) is 6.34. The maximum atomic E-state index is 13.2. The highest BCUT2D eigenvalue weighted by Crippen LogP contribution is 2.17. The van der Waals surface area contributed by atoms with Crippen LogP contribution in [0.1, 0.15) is 17.3 Å². The van der Waals surface area contributed by atoms with Crippen molar-refractivity contribution in [3.8, 4) is 0 Å². The van der Waals surface area contributed by atoms with Gasteiger partial charge in [0.1, 0.15) is 5.82 Å². The largest absolute Gasteiger partial charge is 0.336 e. The minimum Gasteiger partial charge on any atom is -0.336 e. The molecule has 1 N–H and O–H groups in total. The normalized spacial score (nSPS) is 20.4. The number of nitrogens with one attached hydrogen (secondary N) is 1. The lowest BCUT2D eigenvalue weighted by Crippen LogP contribution is -2.51. The topological polar surface area (TPSA) is 32.3 Å². The zero-order chi connectivity index (χ0) is 12.4. The highest BCUT2D eigenvalue weighted by Gasteiger charge is 2.22. The molecule has 1 fully saturated rings. The average Bonchev–Trinajstić information content (AvgIpc) is 2.26. The van der Waals surface area contributed by atoms with Crippen LogP contribution in [0.15, 0.2) is 22.7 Å². The molecule has 0 aliphatic carbocycles. The maximum Gasteiger partial charge on any atom is 0.254 e. The van der Waals surface area contributed by atoms with E-state index in [-0.39, 0.29) is 11.9 Å².